The minimum atomic E-state index is -0.00868. The third-order valence-electron chi connectivity index (χ3n) is 2.00. The van der Waals surface area contributed by atoms with Crippen LogP contribution in [0.4, 0.5) is 0 Å². The zero-order chi connectivity index (χ0) is 10.8. The smallest absolute Gasteiger partial charge is 0.173 e. The fourth-order valence-electron chi connectivity index (χ4n) is 1.23. The Bertz CT molecular complexity index is 465. The lowest BCUT2D eigenvalue weighted by atomic mass is 10.2. The fourth-order valence-corrected chi connectivity index (χ4v) is 1.51. The molecule has 78 valence electrons. The Kier molecular flexibility index (Phi) is 2.84. The van der Waals surface area contributed by atoms with E-state index in [0.717, 1.165) is 5.56 Å². The van der Waals surface area contributed by atoms with E-state index in [1.54, 1.807) is 12.1 Å². The van der Waals surface area contributed by atoms with Crippen LogP contribution in [0.3, 0.4) is 0 Å². The van der Waals surface area contributed by atoms with Crippen LogP contribution in [0, 0.1) is 0 Å². The first-order valence-corrected chi connectivity index (χ1v) is 5.07. The topological polar surface area (TPSA) is 38.1 Å². The van der Waals surface area contributed by atoms with Gasteiger partial charge in [0.2, 0.25) is 0 Å². The van der Waals surface area contributed by atoms with Gasteiger partial charge in [0.15, 0.2) is 10.9 Å². The van der Waals surface area contributed by atoms with Gasteiger partial charge in [-0.15, -0.1) is 0 Å². The van der Waals surface area contributed by atoms with Crippen LogP contribution >= 0.6 is 23.2 Å². The van der Waals surface area contributed by atoms with E-state index >= 15 is 0 Å². The van der Waals surface area contributed by atoms with E-state index in [-0.39, 0.29) is 10.9 Å². The van der Waals surface area contributed by atoms with Crippen molar-refractivity contribution < 1.29 is 5.11 Å². The molecule has 0 fully saturated rings. The predicted octanol–water partition coefficient (Wildman–Crippen LogP) is 2.94. The summed E-state index contributed by atoms with van der Waals surface area (Å²) in [5.74, 6) is -0.00868. The number of aromatic hydroxyl groups is 1. The molecule has 1 heterocycles. The molecule has 0 saturated carbocycles. The molecule has 2 rings (SSSR count). The lowest BCUT2D eigenvalue weighted by molar-refractivity contribution is 0.474. The molecule has 3 nitrogen and oxygen atoms in total. The molecule has 0 aliphatic carbocycles. The molecule has 0 spiro atoms. The molecule has 1 aromatic heterocycles. The summed E-state index contributed by atoms with van der Waals surface area (Å²) < 4.78 is 1.51. The Hall–Kier alpha value is -1.19. The van der Waals surface area contributed by atoms with Gasteiger partial charge in [-0.3, -0.25) is 0 Å². The zero-order valence-electron chi connectivity index (χ0n) is 7.69. The number of nitrogens with zero attached hydrogens (tertiary/aromatic N) is 2. The first-order chi connectivity index (χ1) is 7.16. The van der Waals surface area contributed by atoms with Gasteiger partial charge in [0.25, 0.3) is 0 Å². The monoisotopic (exact) mass is 242 g/mol. The highest BCUT2D eigenvalue weighted by molar-refractivity contribution is 6.31. The van der Waals surface area contributed by atoms with Crippen molar-refractivity contribution >= 4 is 23.2 Å². The summed E-state index contributed by atoms with van der Waals surface area (Å²) in [6.07, 6.45) is 1.32. The molecule has 0 amide bonds. The van der Waals surface area contributed by atoms with Crippen LogP contribution < -0.4 is 0 Å². The highest BCUT2D eigenvalue weighted by Crippen LogP contribution is 2.22. The maximum atomic E-state index is 9.23. The molecule has 1 N–H and O–H groups in total. The molecule has 0 radical (unpaired) electrons. The molecule has 15 heavy (non-hydrogen) atoms. The van der Waals surface area contributed by atoms with E-state index in [9.17, 15) is 5.11 Å². The normalized spacial score (nSPS) is 10.5. The van der Waals surface area contributed by atoms with E-state index in [4.69, 9.17) is 23.2 Å². The highest BCUT2D eigenvalue weighted by atomic mass is 35.5. The minimum absolute atomic E-state index is 0.00868. The maximum absolute atomic E-state index is 9.23. The van der Waals surface area contributed by atoms with Gasteiger partial charge in [0, 0.05) is 5.02 Å². The third-order valence-corrected chi connectivity index (χ3v) is 2.64. The molecule has 0 atom stereocenters. The Morgan fingerprint density at radius 2 is 1.87 bits per heavy atom. The van der Waals surface area contributed by atoms with Crippen molar-refractivity contribution in [3.05, 3.63) is 46.2 Å². The van der Waals surface area contributed by atoms with Gasteiger partial charge in [-0.05, 0) is 17.7 Å². The van der Waals surface area contributed by atoms with E-state index in [0.29, 0.717) is 11.6 Å². The van der Waals surface area contributed by atoms with Crippen LogP contribution in [-0.4, -0.2) is 14.9 Å². The summed E-state index contributed by atoms with van der Waals surface area (Å²) >= 11 is 11.6. The number of benzene rings is 1. The molecular formula is C10H8Cl2N2O. The molecule has 5 heteroatoms. The molecule has 0 bridgehead atoms. The van der Waals surface area contributed by atoms with Gasteiger partial charge in [0.05, 0.1) is 12.7 Å². The van der Waals surface area contributed by atoms with E-state index in [1.807, 2.05) is 12.1 Å². The largest absolute Gasteiger partial charge is 0.504 e. The summed E-state index contributed by atoms with van der Waals surface area (Å²) in [6, 6.07) is 7.37. The number of halogens is 2. The second-order valence-corrected chi connectivity index (χ2v) is 3.90. The third kappa shape index (κ3) is 2.25. The first-order valence-electron chi connectivity index (χ1n) is 4.31. The van der Waals surface area contributed by atoms with Gasteiger partial charge in [-0.2, -0.15) is 5.10 Å². The molecule has 0 unspecified atom stereocenters. The predicted molar refractivity (Wildman–Crippen MR) is 59.5 cm³/mol. The zero-order valence-corrected chi connectivity index (χ0v) is 9.20. The number of rotatable bonds is 2. The average molecular weight is 243 g/mol. The fraction of sp³-hybridized carbons (Fsp3) is 0.100. The van der Waals surface area contributed by atoms with Gasteiger partial charge in [-0.1, -0.05) is 35.3 Å². The van der Waals surface area contributed by atoms with Gasteiger partial charge < -0.3 is 5.11 Å². The lowest BCUT2D eigenvalue weighted by Crippen LogP contribution is -2.01. The molecular weight excluding hydrogens is 235 g/mol. The Morgan fingerprint density at radius 1 is 1.20 bits per heavy atom. The Labute approximate surface area is 96.9 Å². The summed E-state index contributed by atoms with van der Waals surface area (Å²) in [6.45, 7) is 0.510. The van der Waals surface area contributed by atoms with Crippen LogP contribution in [0.1, 0.15) is 5.56 Å². The van der Waals surface area contributed by atoms with Crippen molar-refractivity contribution in [2.24, 2.45) is 0 Å². The van der Waals surface area contributed by atoms with Crippen LogP contribution in [0.2, 0.25) is 10.2 Å². The number of hydrogen-bond donors (Lipinski definition) is 1. The lowest BCUT2D eigenvalue weighted by Gasteiger charge is -2.03. The van der Waals surface area contributed by atoms with Crippen LogP contribution in [0.25, 0.3) is 0 Å². The van der Waals surface area contributed by atoms with Crippen LogP contribution in [-0.2, 0) is 6.54 Å². The summed E-state index contributed by atoms with van der Waals surface area (Å²) in [5.41, 5.74) is 1.02. The van der Waals surface area contributed by atoms with Crippen molar-refractivity contribution in [2.75, 3.05) is 0 Å². The molecule has 1 aromatic carbocycles. The van der Waals surface area contributed by atoms with E-state index < -0.39 is 0 Å². The highest BCUT2D eigenvalue weighted by Gasteiger charge is 2.06. The van der Waals surface area contributed by atoms with Crippen molar-refractivity contribution in [2.45, 2.75) is 6.54 Å². The molecule has 0 aliphatic heterocycles. The SMILES string of the molecule is Oc1cnn(Cc2ccc(Cl)cc2)c1Cl. The standard InChI is InChI=1S/C10H8Cl2N2O/c11-8-3-1-7(2-4-8)6-14-10(12)9(15)5-13-14/h1-5,15H,6H2. The first kappa shape index (κ1) is 10.3. The molecule has 0 saturated heterocycles. The van der Waals surface area contributed by atoms with Gasteiger partial charge in [-0.25, -0.2) is 4.68 Å². The molecule has 2 aromatic rings. The van der Waals surface area contributed by atoms with Crippen molar-refractivity contribution in [1.82, 2.24) is 9.78 Å². The van der Waals surface area contributed by atoms with E-state index in [2.05, 4.69) is 5.10 Å². The second kappa shape index (κ2) is 4.13. The molecule has 0 aliphatic rings. The second-order valence-electron chi connectivity index (χ2n) is 3.10. The van der Waals surface area contributed by atoms with Gasteiger partial charge >= 0.3 is 0 Å². The Balaban J connectivity index is 2.22. The maximum Gasteiger partial charge on any atom is 0.173 e. The summed E-state index contributed by atoms with van der Waals surface area (Å²) in [7, 11) is 0. The van der Waals surface area contributed by atoms with Crippen molar-refractivity contribution in [3.8, 4) is 5.75 Å². The van der Waals surface area contributed by atoms with E-state index in [1.165, 1.54) is 10.9 Å². The summed E-state index contributed by atoms with van der Waals surface area (Å²) in [5, 5.41) is 14.1. The minimum Gasteiger partial charge on any atom is -0.504 e. The average Bonchev–Trinajstić information content (AvgIpc) is 2.53. The number of aromatic nitrogens is 2. The number of hydrogen-bond acceptors (Lipinski definition) is 2. The summed E-state index contributed by atoms with van der Waals surface area (Å²) in [4.78, 5) is 0. The van der Waals surface area contributed by atoms with Gasteiger partial charge in [0.1, 0.15) is 0 Å². The van der Waals surface area contributed by atoms with Crippen LogP contribution in [0.5, 0.6) is 5.75 Å². The quantitative estimate of drug-likeness (QED) is 0.880. The Morgan fingerprint density at radius 3 is 2.40 bits per heavy atom. The van der Waals surface area contributed by atoms with Crippen molar-refractivity contribution in [1.29, 1.82) is 0 Å². The van der Waals surface area contributed by atoms with Crippen molar-refractivity contribution in [3.63, 3.8) is 0 Å². The van der Waals surface area contributed by atoms with Crippen LogP contribution in [0.15, 0.2) is 30.5 Å².